The van der Waals surface area contributed by atoms with E-state index in [0.29, 0.717) is 5.75 Å². The van der Waals surface area contributed by atoms with E-state index in [2.05, 4.69) is 5.32 Å². The number of rotatable bonds is 6. The second-order valence-electron chi connectivity index (χ2n) is 4.07. The number of thiophene rings is 1. The van der Waals surface area contributed by atoms with Crippen molar-refractivity contribution in [2.24, 2.45) is 0 Å². The zero-order valence-corrected chi connectivity index (χ0v) is 11.5. The van der Waals surface area contributed by atoms with Crippen molar-refractivity contribution < 1.29 is 19.4 Å². The summed E-state index contributed by atoms with van der Waals surface area (Å²) < 4.78 is 5.37. The summed E-state index contributed by atoms with van der Waals surface area (Å²) in [5.41, 5.74) is 0. The first-order valence-electron chi connectivity index (χ1n) is 5.66. The fourth-order valence-electron chi connectivity index (χ4n) is 1.31. The maximum atomic E-state index is 11.1. The minimum atomic E-state index is -0.998. The molecule has 1 rings (SSSR count). The van der Waals surface area contributed by atoms with Gasteiger partial charge in [0.25, 0.3) is 0 Å². The van der Waals surface area contributed by atoms with E-state index < -0.39 is 5.97 Å². The molecule has 0 bridgehead atoms. The second-order valence-corrected chi connectivity index (χ2v) is 5.16. The van der Waals surface area contributed by atoms with Crippen LogP contribution in [0.25, 0.3) is 0 Å². The number of carbonyl (C=O) groups excluding carboxylic acids is 1. The van der Waals surface area contributed by atoms with Crippen LogP contribution < -0.4 is 10.1 Å². The van der Waals surface area contributed by atoms with E-state index in [4.69, 9.17) is 9.84 Å². The molecule has 0 saturated heterocycles. The van der Waals surface area contributed by atoms with E-state index in [-0.39, 0.29) is 29.7 Å². The summed E-state index contributed by atoms with van der Waals surface area (Å²) >= 11 is 1.22. The molecule has 2 N–H and O–H groups in total. The third kappa shape index (κ3) is 3.73. The number of ether oxygens (including phenoxy) is 1. The lowest BCUT2D eigenvalue weighted by Crippen LogP contribution is -2.20. The fraction of sp³-hybridized carbons (Fsp3) is 0.500. The minimum Gasteiger partial charge on any atom is -0.491 e. The van der Waals surface area contributed by atoms with Crippen molar-refractivity contribution >= 4 is 23.2 Å². The SMILES string of the molecule is CNC(=O)CCOc1cc(C(C)C)sc1C(=O)O. The van der Waals surface area contributed by atoms with Crippen molar-refractivity contribution in [1.82, 2.24) is 5.32 Å². The Bertz CT molecular complexity index is 439. The lowest BCUT2D eigenvalue weighted by atomic mass is 10.2. The molecule has 1 aromatic rings. The average Bonchev–Trinajstić information content (AvgIpc) is 2.73. The quantitative estimate of drug-likeness (QED) is 0.830. The first-order valence-corrected chi connectivity index (χ1v) is 6.47. The summed E-state index contributed by atoms with van der Waals surface area (Å²) in [5, 5.41) is 11.5. The van der Waals surface area contributed by atoms with Gasteiger partial charge in [-0.05, 0) is 12.0 Å². The molecule has 0 aliphatic carbocycles. The summed E-state index contributed by atoms with van der Waals surface area (Å²) in [4.78, 5) is 23.2. The Labute approximate surface area is 110 Å². The Morgan fingerprint density at radius 3 is 2.67 bits per heavy atom. The highest BCUT2D eigenvalue weighted by molar-refractivity contribution is 7.14. The maximum absolute atomic E-state index is 11.1. The molecule has 0 saturated carbocycles. The fourth-order valence-corrected chi connectivity index (χ4v) is 2.25. The van der Waals surface area contributed by atoms with E-state index in [1.165, 1.54) is 11.3 Å². The topological polar surface area (TPSA) is 75.6 Å². The van der Waals surface area contributed by atoms with Crippen LogP contribution in [0.5, 0.6) is 5.75 Å². The van der Waals surface area contributed by atoms with Crippen LogP contribution >= 0.6 is 11.3 Å². The van der Waals surface area contributed by atoms with Crippen LogP contribution in [0.4, 0.5) is 0 Å². The number of carbonyl (C=O) groups is 2. The van der Waals surface area contributed by atoms with Crippen LogP contribution in [0.3, 0.4) is 0 Å². The maximum Gasteiger partial charge on any atom is 0.349 e. The number of nitrogens with one attached hydrogen (secondary N) is 1. The zero-order valence-electron chi connectivity index (χ0n) is 10.6. The smallest absolute Gasteiger partial charge is 0.349 e. The number of hydrogen-bond donors (Lipinski definition) is 2. The molecule has 0 aliphatic rings. The highest BCUT2D eigenvalue weighted by atomic mass is 32.1. The molecule has 1 heterocycles. The highest BCUT2D eigenvalue weighted by Crippen LogP contribution is 2.33. The molecule has 0 fully saturated rings. The number of aromatic carboxylic acids is 1. The van der Waals surface area contributed by atoms with Crippen LogP contribution in [0, 0.1) is 0 Å². The van der Waals surface area contributed by atoms with Gasteiger partial charge in [0, 0.05) is 11.9 Å². The van der Waals surface area contributed by atoms with Crippen LogP contribution in [0.15, 0.2) is 6.07 Å². The predicted molar refractivity (Wildman–Crippen MR) is 69.5 cm³/mol. The van der Waals surface area contributed by atoms with Gasteiger partial charge in [-0.1, -0.05) is 13.8 Å². The Morgan fingerprint density at radius 1 is 1.50 bits per heavy atom. The lowest BCUT2D eigenvalue weighted by molar-refractivity contribution is -0.121. The number of amides is 1. The van der Waals surface area contributed by atoms with Crippen LogP contribution in [0.1, 0.15) is 40.7 Å². The standard InChI is InChI=1S/C12H17NO4S/c1-7(2)9-6-8(11(18-9)12(15)16)17-5-4-10(14)13-3/h6-7H,4-5H2,1-3H3,(H,13,14)(H,15,16). The molecule has 6 heteroatoms. The van der Waals surface area contributed by atoms with Crippen molar-refractivity contribution in [3.63, 3.8) is 0 Å². The van der Waals surface area contributed by atoms with E-state index in [9.17, 15) is 9.59 Å². The Kier molecular flexibility index (Phi) is 5.15. The second kappa shape index (κ2) is 6.39. The molecule has 1 amide bonds. The molecule has 18 heavy (non-hydrogen) atoms. The van der Waals surface area contributed by atoms with Gasteiger partial charge in [0.1, 0.15) is 5.75 Å². The molecule has 0 atom stereocenters. The van der Waals surface area contributed by atoms with Crippen LogP contribution in [-0.2, 0) is 4.79 Å². The van der Waals surface area contributed by atoms with Gasteiger partial charge < -0.3 is 15.2 Å². The highest BCUT2D eigenvalue weighted by Gasteiger charge is 2.18. The van der Waals surface area contributed by atoms with Gasteiger partial charge in [-0.15, -0.1) is 11.3 Å². The Morgan fingerprint density at radius 2 is 2.17 bits per heavy atom. The lowest BCUT2D eigenvalue weighted by Gasteiger charge is -2.04. The number of carboxylic acids is 1. The van der Waals surface area contributed by atoms with E-state index >= 15 is 0 Å². The van der Waals surface area contributed by atoms with Gasteiger partial charge in [-0.3, -0.25) is 4.79 Å². The molecule has 0 radical (unpaired) electrons. The number of carboxylic acid groups (broad SMARTS) is 1. The summed E-state index contributed by atoms with van der Waals surface area (Å²) in [6.45, 7) is 4.16. The van der Waals surface area contributed by atoms with Gasteiger partial charge in [0.15, 0.2) is 4.88 Å². The molecule has 0 unspecified atom stereocenters. The van der Waals surface area contributed by atoms with E-state index in [0.717, 1.165) is 4.88 Å². The predicted octanol–water partition coefficient (Wildman–Crippen LogP) is 2.08. The molecule has 100 valence electrons. The first kappa shape index (κ1) is 14.5. The normalized spacial score (nSPS) is 10.4. The van der Waals surface area contributed by atoms with Gasteiger partial charge in [-0.2, -0.15) is 0 Å². The summed E-state index contributed by atoms with van der Waals surface area (Å²) in [5.74, 6) is -0.530. The van der Waals surface area contributed by atoms with Crippen LogP contribution in [-0.4, -0.2) is 30.6 Å². The molecule has 0 aromatic carbocycles. The molecular formula is C12H17NO4S. The third-order valence-corrected chi connectivity index (χ3v) is 3.75. The van der Waals surface area contributed by atoms with Gasteiger partial charge in [-0.25, -0.2) is 4.79 Å². The molecule has 0 aliphatic heterocycles. The molecular weight excluding hydrogens is 254 g/mol. The molecule has 0 spiro atoms. The van der Waals surface area contributed by atoms with Crippen molar-refractivity contribution in [2.75, 3.05) is 13.7 Å². The summed E-state index contributed by atoms with van der Waals surface area (Å²) in [6.07, 6.45) is 0.211. The van der Waals surface area contributed by atoms with Crippen molar-refractivity contribution in [1.29, 1.82) is 0 Å². The zero-order chi connectivity index (χ0) is 13.7. The van der Waals surface area contributed by atoms with E-state index in [1.54, 1.807) is 13.1 Å². The van der Waals surface area contributed by atoms with Gasteiger partial charge in [0.05, 0.1) is 13.0 Å². The third-order valence-electron chi connectivity index (χ3n) is 2.35. The van der Waals surface area contributed by atoms with Crippen molar-refractivity contribution in [2.45, 2.75) is 26.2 Å². The Hall–Kier alpha value is -1.56. The Balaban J connectivity index is 2.74. The molecule has 5 nitrogen and oxygen atoms in total. The van der Waals surface area contributed by atoms with Crippen molar-refractivity contribution in [3.8, 4) is 5.75 Å². The van der Waals surface area contributed by atoms with Crippen molar-refractivity contribution in [3.05, 3.63) is 15.8 Å². The summed E-state index contributed by atoms with van der Waals surface area (Å²) in [7, 11) is 1.55. The first-order chi connectivity index (χ1) is 8.45. The van der Waals surface area contributed by atoms with Crippen LogP contribution in [0.2, 0.25) is 0 Å². The molecule has 1 aromatic heterocycles. The largest absolute Gasteiger partial charge is 0.491 e. The monoisotopic (exact) mass is 271 g/mol. The number of hydrogen-bond acceptors (Lipinski definition) is 4. The summed E-state index contributed by atoms with van der Waals surface area (Å²) in [6, 6.07) is 1.74. The van der Waals surface area contributed by atoms with Gasteiger partial charge >= 0.3 is 5.97 Å². The van der Waals surface area contributed by atoms with Gasteiger partial charge in [0.2, 0.25) is 5.91 Å². The average molecular weight is 271 g/mol. The van der Waals surface area contributed by atoms with E-state index in [1.807, 2.05) is 13.8 Å². The minimum absolute atomic E-state index is 0.133.